The van der Waals surface area contributed by atoms with E-state index in [9.17, 15) is 0 Å². The first-order valence-electron chi connectivity index (χ1n) is 9.74. The summed E-state index contributed by atoms with van der Waals surface area (Å²) in [5.41, 5.74) is 10.4. The number of rotatable bonds is 4. The summed E-state index contributed by atoms with van der Waals surface area (Å²) in [5.74, 6) is 0. The molecule has 0 amide bonds. The standard InChI is InChI=1S/C22H34N4/c1-21(2,3)20-18(14-25-12-11-19(23)22(4,5)16-25)15-26(24-20)13-17-9-7-6-8-10-17/h6-10,15,19H,11-14,16,23H2,1-5H3. The molecule has 4 nitrogen and oxygen atoms in total. The third-order valence-corrected chi connectivity index (χ3v) is 5.52. The van der Waals surface area contributed by atoms with Gasteiger partial charge in [-0.15, -0.1) is 0 Å². The molecule has 4 heteroatoms. The number of nitrogens with two attached hydrogens (primary N) is 1. The molecule has 26 heavy (non-hydrogen) atoms. The molecule has 2 N–H and O–H groups in total. The van der Waals surface area contributed by atoms with Gasteiger partial charge in [-0.1, -0.05) is 65.0 Å². The number of hydrogen-bond donors (Lipinski definition) is 1. The van der Waals surface area contributed by atoms with Crippen LogP contribution in [-0.4, -0.2) is 33.8 Å². The summed E-state index contributed by atoms with van der Waals surface area (Å²) in [6.07, 6.45) is 3.31. The molecular weight excluding hydrogens is 320 g/mol. The highest BCUT2D eigenvalue weighted by molar-refractivity contribution is 5.25. The van der Waals surface area contributed by atoms with Crippen LogP contribution in [0.4, 0.5) is 0 Å². The van der Waals surface area contributed by atoms with Crippen LogP contribution in [0.2, 0.25) is 0 Å². The van der Waals surface area contributed by atoms with Crippen molar-refractivity contribution in [2.45, 2.75) is 65.6 Å². The van der Waals surface area contributed by atoms with Crippen molar-refractivity contribution in [3.8, 4) is 0 Å². The van der Waals surface area contributed by atoms with Crippen LogP contribution >= 0.6 is 0 Å². The molecule has 2 heterocycles. The minimum Gasteiger partial charge on any atom is -0.327 e. The Balaban J connectivity index is 1.81. The van der Waals surface area contributed by atoms with Crippen molar-refractivity contribution in [2.24, 2.45) is 11.1 Å². The largest absolute Gasteiger partial charge is 0.327 e. The molecule has 1 saturated heterocycles. The second kappa shape index (κ2) is 7.16. The third-order valence-electron chi connectivity index (χ3n) is 5.52. The summed E-state index contributed by atoms with van der Waals surface area (Å²) in [7, 11) is 0. The molecule has 1 atom stereocenters. The van der Waals surface area contributed by atoms with Crippen LogP contribution < -0.4 is 5.73 Å². The zero-order valence-electron chi connectivity index (χ0n) is 17.0. The van der Waals surface area contributed by atoms with Crippen molar-refractivity contribution < 1.29 is 0 Å². The van der Waals surface area contributed by atoms with Crippen LogP contribution in [0.3, 0.4) is 0 Å². The highest BCUT2D eigenvalue weighted by Gasteiger charge is 2.34. The summed E-state index contributed by atoms with van der Waals surface area (Å²) in [6, 6.07) is 10.8. The molecule has 1 aromatic carbocycles. The van der Waals surface area contributed by atoms with E-state index in [4.69, 9.17) is 10.8 Å². The molecule has 2 aromatic rings. The Hall–Kier alpha value is -1.65. The van der Waals surface area contributed by atoms with E-state index in [1.54, 1.807) is 0 Å². The fraction of sp³-hybridized carbons (Fsp3) is 0.591. The topological polar surface area (TPSA) is 47.1 Å². The molecule has 0 aliphatic carbocycles. The summed E-state index contributed by atoms with van der Waals surface area (Å²) < 4.78 is 2.10. The van der Waals surface area contributed by atoms with Gasteiger partial charge in [-0.3, -0.25) is 9.58 Å². The van der Waals surface area contributed by atoms with Gasteiger partial charge in [0.05, 0.1) is 12.2 Å². The van der Waals surface area contributed by atoms with E-state index < -0.39 is 0 Å². The second-order valence-corrected chi connectivity index (χ2v) is 9.53. The first kappa shape index (κ1) is 19.1. The summed E-state index contributed by atoms with van der Waals surface area (Å²) in [4.78, 5) is 2.54. The molecule has 1 aromatic heterocycles. The molecule has 1 fully saturated rings. The molecule has 0 radical (unpaired) electrons. The van der Waals surface area contributed by atoms with E-state index in [1.165, 1.54) is 16.8 Å². The van der Waals surface area contributed by atoms with Gasteiger partial charge in [0.25, 0.3) is 0 Å². The van der Waals surface area contributed by atoms with Gasteiger partial charge in [0.2, 0.25) is 0 Å². The maximum absolute atomic E-state index is 6.31. The molecular formula is C22H34N4. The lowest BCUT2D eigenvalue weighted by Crippen LogP contribution is -2.52. The monoisotopic (exact) mass is 354 g/mol. The van der Waals surface area contributed by atoms with Crippen LogP contribution in [0, 0.1) is 5.41 Å². The van der Waals surface area contributed by atoms with Crippen LogP contribution in [0.5, 0.6) is 0 Å². The average Bonchev–Trinajstić information content (AvgIpc) is 2.94. The number of hydrogen-bond acceptors (Lipinski definition) is 3. The zero-order chi connectivity index (χ0) is 18.9. The Morgan fingerprint density at radius 1 is 1.15 bits per heavy atom. The fourth-order valence-electron chi connectivity index (χ4n) is 3.92. The van der Waals surface area contributed by atoms with Gasteiger partial charge in [-0.25, -0.2) is 0 Å². The van der Waals surface area contributed by atoms with Gasteiger partial charge in [0, 0.05) is 42.9 Å². The molecule has 1 aliphatic heterocycles. The minimum absolute atomic E-state index is 0.0407. The predicted octanol–water partition coefficient (Wildman–Crippen LogP) is 3.79. The normalized spacial score (nSPS) is 21.1. The van der Waals surface area contributed by atoms with Crippen molar-refractivity contribution in [3.63, 3.8) is 0 Å². The van der Waals surface area contributed by atoms with Gasteiger partial charge in [-0.2, -0.15) is 5.10 Å². The number of likely N-dealkylation sites (tertiary alicyclic amines) is 1. The number of aromatic nitrogens is 2. The summed E-state index contributed by atoms with van der Waals surface area (Å²) in [6.45, 7) is 15.2. The van der Waals surface area contributed by atoms with E-state index in [2.05, 4.69) is 80.7 Å². The van der Waals surface area contributed by atoms with E-state index in [-0.39, 0.29) is 10.8 Å². The van der Waals surface area contributed by atoms with Crippen LogP contribution in [0.15, 0.2) is 36.5 Å². The fourth-order valence-corrected chi connectivity index (χ4v) is 3.92. The molecule has 3 rings (SSSR count). The number of piperidine rings is 1. The summed E-state index contributed by atoms with van der Waals surface area (Å²) >= 11 is 0. The highest BCUT2D eigenvalue weighted by Crippen LogP contribution is 2.31. The van der Waals surface area contributed by atoms with E-state index >= 15 is 0 Å². The maximum Gasteiger partial charge on any atom is 0.0723 e. The Morgan fingerprint density at radius 2 is 1.85 bits per heavy atom. The van der Waals surface area contributed by atoms with E-state index in [0.29, 0.717) is 6.04 Å². The van der Waals surface area contributed by atoms with Gasteiger partial charge in [-0.05, 0) is 17.4 Å². The Labute approximate surface area is 158 Å². The maximum atomic E-state index is 6.31. The van der Waals surface area contributed by atoms with Gasteiger partial charge in [0.15, 0.2) is 0 Å². The lowest BCUT2D eigenvalue weighted by molar-refractivity contribution is 0.0894. The van der Waals surface area contributed by atoms with Crippen LogP contribution in [-0.2, 0) is 18.5 Å². The van der Waals surface area contributed by atoms with Crippen molar-refractivity contribution in [2.75, 3.05) is 13.1 Å². The predicted molar refractivity (Wildman–Crippen MR) is 108 cm³/mol. The van der Waals surface area contributed by atoms with Crippen LogP contribution in [0.25, 0.3) is 0 Å². The lowest BCUT2D eigenvalue weighted by atomic mass is 9.79. The summed E-state index contributed by atoms with van der Waals surface area (Å²) in [5, 5.41) is 4.96. The minimum atomic E-state index is 0.0407. The van der Waals surface area contributed by atoms with Crippen molar-refractivity contribution >= 4 is 0 Å². The SMILES string of the molecule is CC(C)(C)c1nn(Cc2ccccc2)cc1CN1CCC(N)C(C)(C)C1. The second-order valence-electron chi connectivity index (χ2n) is 9.53. The van der Waals surface area contributed by atoms with E-state index in [0.717, 1.165) is 32.6 Å². The van der Waals surface area contributed by atoms with Crippen molar-refractivity contribution in [3.05, 3.63) is 53.3 Å². The smallest absolute Gasteiger partial charge is 0.0723 e. The molecule has 0 saturated carbocycles. The molecule has 0 bridgehead atoms. The molecule has 0 spiro atoms. The van der Waals surface area contributed by atoms with Gasteiger partial charge < -0.3 is 5.73 Å². The van der Waals surface area contributed by atoms with E-state index in [1.807, 2.05) is 0 Å². The first-order chi connectivity index (χ1) is 12.1. The number of benzene rings is 1. The molecule has 1 unspecified atom stereocenters. The molecule has 142 valence electrons. The molecule has 1 aliphatic rings. The first-order valence-corrected chi connectivity index (χ1v) is 9.74. The van der Waals surface area contributed by atoms with Gasteiger partial charge >= 0.3 is 0 Å². The Morgan fingerprint density at radius 3 is 2.46 bits per heavy atom. The van der Waals surface area contributed by atoms with Crippen molar-refractivity contribution in [1.82, 2.24) is 14.7 Å². The van der Waals surface area contributed by atoms with Gasteiger partial charge in [0.1, 0.15) is 0 Å². The Kier molecular flexibility index (Phi) is 5.27. The van der Waals surface area contributed by atoms with Crippen LogP contribution in [0.1, 0.15) is 57.9 Å². The van der Waals surface area contributed by atoms with Crippen molar-refractivity contribution in [1.29, 1.82) is 0 Å². The lowest BCUT2D eigenvalue weighted by Gasteiger charge is -2.42. The quantitative estimate of drug-likeness (QED) is 0.909. The average molecular weight is 355 g/mol. The zero-order valence-corrected chi connectivity index (χ0v) is 17.0. The highest BCUT2D eigenvalue weighted by atomic mass is 15.3. The number of nitrogens with zero attached hydrogens (tertiary/aromatic N) is 3. The Bertz CT molecular complexity index is 724. The third kappa shape index (κ3) is 4.36.